The van der Waals surface area contributed by atoms with Gasteiger partial charge in [-0.25, -0.2) is 4.79 Å². The Morgan fingerprint density at radius 3 is 2.43 bits per heavy atom. The predicted molar refractivity (Wildman–Crippen MR) is 110 cm³/mol. The van der Waals surface area contributed by atoms with Crippen LogP contribution in [0.15, 0.2) is 42.5 Å². The summed E-state index contributed by atoms with van der Waals surface area (Å²) in [7, 11) is 4.81. The lowest BCUT2D eigenvalue weighted by Crippen LogP contribution is -2.34. The Labute approximate surface area is 165 Å². The number of carbonyl (C=O) groups excluding carboxylic acids is 1. The van der Waals surface area contributed by atoms with Crippen LogP contribution in [0.5, 0.6) is 17.2 Å². The highest BCUT2D eigenvalue weighted by Crippen LogP contribution is 2.29. The fourth-order valence-electron chi connectivity index (χ4n) is 3.33. The highest BCUT2D eigenvalue weighted by atomic mass is 16.5. The van der Waals surface area contributed by atoms with Crippen LogP contribution in [0.25, 0.3) is 0 Å². The number of hydrogen-bond donors (Lipinski definition) is 2. The van der Waals surface area contributed by atoms with Gasteiger partial charge in [-0.15, -0.1) is 0 Å². The number of ether oxygens (including phenoxy) is 3. The van der Waals surface area contributed by atoms with E-state index in [9.17, 15) is 4.79 Å². The van der Waals surface area contributed by atoms with Gasteiger partial charge in [0.2, 0.25) is 0 Å². The molecular formula is C21H27N3O4. The van der Waals surface area contributed by atoms with Gasteiger partial charge in [-0.1, -0.05) is 0 Å². The van der Waals surface area contributed by atoms with E-state index < -0.39 is 0 Å². The number of rotatable bonds is 7. The molecule has 0 radical (unpaired) electrons. The third kappa shape index (κ3) is 4.79. The van der Waals surface area contributed by atoms with E-state index in [-0.39, 0.29) is 6.03 Å². The molecule has 0 spiro atoms. The average Bonchev–Trinajstić information content (AvgIpc) is 3.21. The van der Waals surface area contributed by atoms with Gasteiger partial charge in [0.05, 0.1) is 27.0 Å². The minimum atomic E-state index is -0.244. The van der Waals surface area contributed by atoms with E-state index in [1.807, 2.05) is 12.1 Å². The van der Waals surface area contributed by atoms with Crippen molar-refractivity contribution in [1.29, 1.82) is 0 Å². The Hall–Kier alpha value is -3.09. The second-order valence-electron chi connectivity index (χ2n) is 6.70. The molecule has 150 valence electrons. The maximum atomic E-state index is 12.3. The first kappa shape index (κ1) is 19.7. The third-order valence-electron chi connectivity index (χ3n) is 4.93. The summed E-state index contributed by atoms with van der Waals surface area (Å²) >= 11 is 0. The van der Waals surface area contributed by atoms with Crippen molar-refractivity contribution in [3.05, 3.63) is 42.5 Å². The van der Waals surface area contributed by atoms with Crippen molar-refractivity contribution in [3.63, 3.8) is 0 Å². The molecule has 1 heterocycles. The summed E-state index contributed by atoms with van der Waals surface area (Å²) in [5.41, 5.74) is 1.78. The van der Waals surface area contributed by atoms with Gasteiger partial charge in [0, 0.05) is 31.4 Å². The maximum absolute atomic E-state index is 12.3. The van der Waals surface area contributed by atoms with E-state index in [1.165, 1.54) is 5.69 Å². The van der Waals surface area contributed by atoms with Crippen molar-refractivity contribution in [1.82, 2.24) is 5.32 Å². The van der Waals surface area contributed by atoms with Crippen LogP contribution in [-0.2, 0) is 0 Å². The molecule has 1 fully saturated rings. The second kappa shape index (κ2) is 9.21. The van der Waals surface area contributed by atoms with Gasteiger partial charge in [-0.2, -0.15) is 0 Å². The van der Waals surface area contributed by atoms with E-state index in [0.717, 1.165) is 25.3 Å². The molecule has 2 N–H and O–H groups in total. The Balaban J connectivity index is 1.48. The van der Waals surface area contributed by atoms with Gasteiger partial charge < -0.3 is 29.7 Å². The summed E-state index contributed by atoms with van der Waals surface area (Å²) < 4.78 is 15.7. The highest BCUT2D eigenvalue weighted by Gasteiger charge is 2.23. The zero-order valence-corrected chi connectivity index (χ0v) is 16.5. The monoisotopic (exact) mass is 385 g/mol. The normalized spacial score (nSPS) is 15.8. The van der Waals surface area contributed by atoms with Crippen molar-refractivity contribution in [2.75, 3.05) is 51.2 Å². The van der Waals surface area contributed by atoms with Crippen LogP contribution < -0.4 is 29.7 Å². The second-order valence-corrected chi connectivity index (χ2v) is 6.70. The van der Waals surface area contributed by atoms with Crippen LogP contribution in [0.1, 0.15) is 6.42 Å². The number of benzene rings is 2. The van der Waals surface area contributed by atoms with Crippen LogP contribution >= 0.6 is 0 Å². The number of nitrogens with zero attached hydrogens (tertiary/aromatic N) is 1. The zero-order chi connectivity index (χ0) is 19.9. The molecule has 0 unspecified atom stereocenters. The summed E-state index contributed by atoms with van der Waals surface area (Å²) in [6.07, 6.45) is 1.04. The standard InChI is InChI=1S/C21H27N3O4/c1-26-17-6-4-16(5-7-17)24-11-10-15(14-24)13-22-21(25)23-19-9-8-18(27-2)12-20(19)28-3/h4-9,12,15H,10-11,13-14H2,1-3H3,(H2,22,23,25)/t15-/m0/s1. The SMILES string of the molecule is COc1ccc(N2CC[C@@H](CNC(=O)Nc3ccc(OC)cc3OC)C2)cc1. The third-order valence-corrected chi connectivity index (χ3v) is 4.93. The average molecular weight is 385 g/mol. The predicted octanol–water partition coefficient (Wildman–Crippen LogP) is 3.36. The lowest BCUT2D eigenvalue weighted by Gasteiger charge is -2.19. The molecule has 0 aromatic heterocycles. The van der Waals surface area contributed by atoms with Crippen molar-refractivity contribution in [3.8, 4) is 17.2 Å². The Morgan fingerprint density at radius 2 is 1.75 bits per heavy atom. The summed E-state index contributed by atoms with van der Waals surface area (Å²) in [5.74, 6) is 2.49. The van der Waals surface area contributed by atoms with Crippen molar-refractivity contribution >= 4 is 17.4 Å². The van der Waals surface area contributed by atoms with Gasteiger partial charge in [0.15, 0.2) is 0 Å². The minimum absolute atomic E-state index is 0.244. The molecule has 0 saturated carbocycles. The van der Waals surface area contributed by atoms with E-state index in [4.69, 9.17) is 14.2 Å². The van der Waals surface area contributed by atoms with Crippen molar-refractivity contribution in [2.24, 2.45) is 5.92 Å². The number of urea groups is 1. The highest BCUT2D eigenvalue weighted by molar-refractivity contribution is 5.91. The van der Waals surface area contributed by atoms with Gasteiger partial charge >= 0.3 is 6.03 Å². The molecule has 2 aromatic rings. The molecule has 2 amide bonds. The van der Waals surface area contributed by atoms with E-state index in [2.05, 4.69) is 27.7 Å². The van der Waals surface area contributed by atoms with E-state index in [0.29, 0.717) is 29.6 Å². The van der Waals surface area contributed by atoms with Gasteiger partial charge in [-0.05, 0) is 48.7 Å². The molecule has 28 heavy (non-hydrogen) atoms. The molecule has 1 aliphatic rings. The number of methoxy groups -OCH3 is 3. The van der Waals surface area contributed by atoms with Crippen molar-refractivity contribution < 1.29 is 19.0 Å². The van der Waals surface area contributed by atoms with Crippen LogP contribution in [0.4, 0.5) is 16.2 Å². The van der Waals surface area contributed by atoms with Gasteiger partial charge in [-0.3, -0.25) is 0 Å². The molecule has 1 saturated heterocycles. The summed E-state index contributed by atoms with van der Waals surface area (Å²) in [5, 5.41) is 5.79. The van der Waals surface area contributed by atoms with Crippen molar-refractivity contribution in [2.45, 2.75) is 6.42 Å². The lowest BCUT2D eigenvalue weighted by molar-refractivity contribution is 0.250. The summed E-state index contributed by atoms with van der Waals surface area (Å²) in [6, 6.07) is 13.1. The molecule has 0 bridgehead atoms. The molecule has 1 atom stereocenters. The molecule has 3 rings (SSSR count). The van der Waals surface area contributed by atoms with Crippen LogP contribution in [-0.4, -0.2) is 47.0 Å². The number of carbonyl (C=O) groups is 1. The van der Waals surface area contributed by atoms with E-state index in [1.54, 1.807) is 39.5 Å². The minimum Gasteiger partial charge on any atom is -0.497 e. The number of nitrogens with one attached hydrogen (secondary N) is 2. The van der Waals surface area contributed by atoms with Crippen LogP contribution in [0.2, 0.25) is 0 Å². The Bertz CT molecular complexity index is 795. The topological polar surface area (TPSA) is 72.1 Å². The molecule has 0 aliphatic carbocycles. The van der Waals surface area contributed by atoms with E-state index >= 15 is 0 Å². The quantitative estimate of drug-likeness (QED) is 0.765. The molecule has 2 aromatic carbocycles. The first-order valence-corrected chi connectivity index (χ1v) is 9.29. The molecule has 7 heteroatoms. The smallest absolute Gasteiger partial charge is 0.319 e. The Morgan fingerprint density at radius 1 is 1.04 bits per heavy atom. The number of anilines is 2. The van der Waals surface area contributed by atoms with Gasteiger partial charge in [0.25, 0.3) is 0 Å². The molecule has 7 nitrogen and oxygen atoms in total. The zero-order valence-electron chi connectivity index (χ0n) is 16.5. The largest absolute Gasteiger partial charge is 0.497 e. The first-order chi connectivity index (χ1) is 13.6. The maximum Gasteiger partial charge on any atom is 0.319 e. The van der Waals surface area contributed by atoms with Crippen LogP contribution in [0.3, 0.4) is 0 Å². The fraction of sp³-hybridized carbons (Fsp3) is 0.381. The van der Waals surface area contributed by atoms with Crippen LogP contribution in [0, 0.1) is 5.92 Å². The molecular weight excluding hydrogens is 358 g/mol. The van der Waals surface area contributed by atoms with Gasteiger partial charge in [0.1, 0.15) is 17.2 Å². The number of amides is 2. The summed E-state index contributed by atoms with van der Waals surface area (Å²) in [4.78, 5) is 14.6. The Kier molecular flexibility index (Phi) is 6.47. The first-order valence-electron chi connectivity index (χ1n) is 9.29. The summed E-state index contributed by atoms with van der Waals surface area (Å²) in [6.45, 7) is 2.52. The lowest BCUT2D eigenvalue weighted by atomic mass is 10.1. The fourth-order valence-corrected chi connectivity index (χ4v) is 3.33. The molecule has 1 aliphatic heterocycles. The number of hydrogen-bond acceptors (Lipinski definition) is 5.